The number of benzene rings is 1. The van der Waals surface area contributed by atoms with Crippen molar-refractivity contribution in [3.05, 3.63) is 51.2 Å². The fourth-order valence-corrected chi connectivity index (χ4v) is 2.52. The number of hydrogen-bond acceptors (Lipinski definition) is 3. The number of aryl methyl sites for hydroxylation is 1. The van der Waals surface area contributed by atoms with E-state index in [-0.39, 0.29) is 6.04 Å². The lowest BCUT2D eigenvalue weighted by molar-refractivity contribution is 0.539. The molecule has 1 unspecified atom stereocenters. The van der Waals surface area contributed by atoms with Crippen LogP contribution in [0.15, 0.2) is 34.9 Å². The van der Waals surface area contributed by atoms with Crippen LogP contribution in [-0.4, -0.2) is 9.78 Å². The standard InChI is InChI=1S/C12H14BrClN4/c1-18-5-4-9(17-18)7-12(16-15)10-6-8(14)2-3-11(10)13/h2-6,12,16H,7,15H2,1H3. The highest BCUT2D eigenvalue weighted by molar-refractivity contribution is 9.10. The molecule has 2 aromatic rings. The molecule has 2 rings (SSSR count). The van der Waals surface area contributed by atoms with E-state index in [1.807, 2.05) is 37.5 Å². The molecule has 1 aromatic carbocycles. The molecule has 1 heterocycles. The number of rotatable bonds is 4. The average Bonchev–Trinajstić information content (AvgIpc) is 2.75. The second-order valence-electron chi connectivity index (χ2n) is 4.07. The molecule has 4 nitrogen and oxygen atoms in total. The van der Waals surface area contributed by atoms with Crippen molar-refractivity contribution >= 4 is 27.5 Å². The van der Waals surface area contributed by atoms with Gasteiger partial charge in [0.25, 0.3) is 0 Å². The molecule has 96 valence electrons. The third-order valence-electron chi connectivity index (χ3n) is 2.72. The van der Waals surface area contributed by atoms with Gasteiger partial charge in [-0.15, -0.1) is 0 Å². The number of hydrazine groups is 1. The van der Waals surface area contributed by atoms with Crippen LogP contribution < -0.4 is 11.3 Å². The molecule has 0 aliphatic rings. The molecule has 3 N–H and O–H groups in total. The molecular formula is C12H14BrClN4. The van der Waals surface area contributed by atoms with E-state index < -0.39 is 0 Å². The number of nitrogens with zero attached hydrogens (tertiary/aromatic N) is 2. The molecule has 0 aliphatic carbocycles. The minimum atomic E-state index is -0.0343. The van der Waals surface area contributed by atoms with Crippen LogP contribution in [0.1, 0.15) is 17.3 Å². The van der Waals surface area contributed by atoms with Gasteiger partial charge in [-0.05, 0) is 29.8 Å². The maximum Gasteiger partial charge on any atom is 0.0643 e. The van der Waals surface area contributed by atoms with Crippen molar-refractivity contribution in [1.82, 2.24) is 15.2 Å². The number of nitrogens with two attached hydrogens (primary N) is 1. The molecule has 0 radical (unpaired) electrons. The maximum absolute atomic E-state index is 6.02. The van der Waals surface area contributed by atoms with Crippen LogP contribution in [0.25, 0.3) is 0 Å². The molecule has 0 spiro atoms. The minimum absolute atomic E-state index is 0.0343. The predicted octanol–water partition coefficient (Wildman–Crippen LogP) is 2.58. The van der Waals surface area contributed by atoms with E-state index in [4.69, 9.17) is 17.4 Å². The Hall–Kier alpha value is -0.880. The number of aromatic nitrogens is 2. The topological polar surface area (TPSA) is 55.9 Å². The summed E-state index contributed by atoms with van der Waals surface area (Å²) in [5, 5.41) is 5.04. The summed E-state index contributed by atoms with van der Waals surface area (Å²) < 4.78 is 2.75. The molecule has 0 aliphatic heterocycles. The zero-order valence-corrected chi connectivity index (χ0v) is 12.2. The van der Waals surface area contributed by atoms with Gasteiger partial charge >= 0.3 is 0 Å². The summed E-state index contributed by atoms with van der Waals surface area (Å²) in [5.74, 6) is 5.63. The smallest absolute Gasteiger partial charge is 0.0643 e. The largest absolute Gasteiger partial charge is 0.276 e. The Morgan fingerprint density at radius 2 is 2.28 bits per heavy atom. The zero-order valence-electron chi connectivity index (χ0n) is 9.90. The van der Waals surface area contributed by atoms with Crippen LogP contribution in [0.2, 0.25) is 5.02 Å². The van der Waals surface area contributed by atoms with Crippen LogP contribution in [0.3, 0.4) is 0 Å². The second kappa shape index (κ2) is 5.84. The van der Waals surface area contributed by atoms with Gasteiger partial charge in [-0.25, -0.2) is 0 Å². The first-order valence-corrected chi connectivity index (χ1v) is 6.67. The van der Waals surface area contributed by atoms with E-state index in [9.17, 15) is 0 Å². The molecular weight excluding hydrogens is 316 g/mol. The summed E-state index contributed by atoms with van der Waals surface area (Å²) >= 11 is 9.53. The van der Waals surface area contributed by atoms with Gasteiger partial charge < -0.3 is 0 Å². The maximum atomic E-state index is 6.02. The summed E-state index contributed by atoms with van der Waals surface area (Å²) in [6.07, 6.45) is 2.62. The first-order valence-electron chi connectivity index (χ1n) is 5.49. The summed E-state index contributed by atoms with van der Waals surface area (Å²) in [4.78, 5) is 0. The fourth-order valence-electron chi connectivity index (χ4n) is 1.82. The lowest BCUT2D eigenvalue weighted by atomic mass is 10.0. The molecule has 0 amide bonds. The predicted molar refractivity (Wildman–Crippen MR) is 76.1 cm³/mol. The lowest BCUT2D eigenvalue weighted by Gasteiger charge is -2.17. The molecule has 6 heteroatoms. The first kappa shape index (κ1) is 13.5. The molecule has 1 aromatic heterocycles. The molecule has 0 bridgehead atoms. The van der Waals surface area contributed by atoms with Crippen molar-refractivity contribution in [3.8, 4) is 0 Å². The molecule has 1 atom stereocenters. The van der Waals surface area contributed by atoms with Crippen LogP contribution in [0.4, 0.5) is 0 Å². The third-order valence-corrected chi connectivity index (χ3v) is 3.67. The Kier molecular flexibility index (Phi) is 4.40. The van der Waals surface area contributed by atoms with Crippen molar-refractivity contribution in [2.45, 2.75) is 12.5 Å². The fraction of sp³-hybridized carbons (Fsp3) is 0.250. The van der Waals surface area contributed by atoms with Gasteiger partial charge in [0, 0.05) is 29.2 Å². The highest BCUT2D eigenvalue weighted by Crippen LogP contribution is 2.28. The number of halogens is 2. The molecule has 0 saturated heterocycles. The molecule has 0 fully saturated rings. The zero-order chi connectivity index (χ0) is 13.1. The second-order valence-corrected chi connectivity index (χ2v) is 5.36. The van der Waals surface area contributed by atoms with Gasteiger partial charge in [-0.1, -0.05) is 27.5 Å². The SMILES string of the molecule is Cn1ccc(CC(NN)c2cc(Cl)ccc2Br)n1. The van der Waals surface area contributed by atoms with Crippen molar-refractivity contribution in [2.75, 3.05) is 0 Å². The van der Waals surface area contributed by atoms with Crippen LogP contribution >= 0.6 is 27.5 Å². The van der Waals surface area contributed by atoms with Gasteiger partial charge in [0.05, 0.1) is 11.7 Å². The summed E-state index contributed by atoms with van der Waals surface area (Å²) in [7, 11) is 1.89. The number of hydrogen-bond donors (Lipinski definition) is 2. The van der Waals surface area contributed by atoms with Crippen LogP contribution in [0, 0.1) is 0 Å². The Labute approximate surface area is 119 Å². The minimum Gasteiger partial charge on any atom is -0.276 e. The van der Waals surface area contributed by atoms with E-state index in [0.717, 1.165) is 15.7 Å². The highest BCUT2D eigenvalue weighted by Gasteiger charge is 2.15. The average molecular weight is 330 g/mol. The van der Waals surface area contributed by atoms with Crippen LogP contribution in [-0.2, 0) is 13.5 Å². The van der Waals surface area contributed by atoms with Gasteiger partial charge in [0.15, 0.2) is 0 Å². The van der Waals surface area contributed by atoms with E-state index in [1.165, 1.54) is 0 Å². The Morgan fingerprint density at radius 1 is 1.50 bits per heavy atom. The van der Waals surface area contributed by atoms with Gasteiger partial charge in [-0.2, -0.15) is 5.10 Å². The first-order chi connectivity index (χ1) is 8.60. The third kappa shape index (κ3) is 3.11. The Morgan fingerprint density at radius 3 is 2.89 bits per heavy atom. The Bertz CT molecular complexity index is 541. The lowest BCUT2D eigenvalue weighted by Crippen LogP contribution is -2.30. The monoisotopic (exact) mass is 328 g/mol. The van der Waals surface area contributed by atoms with Crippen molar-refractivity contribution < 1.29 is 0 Å². The van der Waals surface area contributed by atoms with Gasteiger partial charge in [-0.3, -0.25) is 16.0 Å². The molecule has 18 heavy (non-hydrogen) atoms. The normalized spacial score (nSPS) is 12.7. The van der Waals surface area contributed by atoms with E-state index in [1.54, 1.807) is 4.68 Å². The van der Waals surface area contributed by atoms with Crippen LogP contribution in [0.5, 0.6) is 0 Å². The molecule has 0 saturated carbocycles. The van der Waals surface area contributed by atoms with Gasteiger partial charge in [0.1, 0.15) is 0 Å². The van der Waals surface area contributed by atoms with Crippen molar-refractivity contribution in [3.63, 3.8) is 0 Å². The highest BCUT2D eigenvalue weighted by atomic mass is 79.9. The van der Waals surface area contributed by atoms with Gasteiger partial charge in [0.2, 0.25) is 0 Å². The quantitative estimate of drug-likeness (QED) is 0.669. The number of nitrogens with one attached hydrogen (secondary N) is 1. The van der Waals surface area contributed by atoms with E-state index >= 15 is 0 Å². The van der Waals surface area contributed by atoms with E-state index in [0.29, 0.717) is 11.4 Å². The van der Waals surface area contributed by atoms with E-state index in [2.05, 4.69) is 26.5 Å². The summed E-state index contributed by atoms with van der Waals surface area (Å²) in [6, 6.07) is 7.60. The Balaban J connectivity index is 2.25. The summed E-state index contributed by atoms with van der Waals surface area (Å²) in [5.41, 5.74) is 4.81. The van der Waals surface area contributed by atoms with Crippen molar-refractivity contribution in [1.29, 1.82) is 0 Å². The van der Waals surface area contributed by atoms with Crippen molar-refractivity contribution in [2.24, 2.45) is 12.9 Å². The summed E-state index contributed by atoms with van der Waals surface area (Å²) in [6.45, 7) is 0.